The molecule has 19 heavy (non-hydrogen) atoms. The summed E-state index contributed by atoms with van der Waals surface area (Å²) in [6.45, 7) is 3.87. The fourth-order valence-electron chi connectivity index (χ4n) is 2.35. The van der Waals surface area contributed by atoms with Gasteiger partial charge in [-0.1, -0.05) is 0 Å². The van der Waals surface area contributed by atoms with Crippen LogP contribution in [0, 0.1) is 5.92 Å². The van der Waals surface area contributed by atoms with Crippen molar-refractivity contribution in [1.82, 2.24) is 14.9 Å². The van der Waals surface area contributed by atoms with Crippen molar-refractivity contribution in [3.63, 3.8) is 0 Å². The normalized spacial score (nSPS) is 17.3. The monoisotopic (exact) mass is 263 g/mol. The molecular formula is C13H21N5O. The van der Waals surface area contributed by atoms with Crippen molar-refractivity contribution in [2.24, 2.45) is 11.7 Å². The number of anilines is 1. The molecule has 0 aromatic carbocycles. The second-order valence-corrected chi connectivity index (χ2v) is 4.89. The van der Waals surface area contributed by atoms with E-state index in [1.54, 1.807) is 18.6 Å². The van der Waals surface area contributed by atoms with Crippen LogP contribution < -0.4 is 11.1 Å². The molecule has 6 nitrogen and oxygen atoms in total. The molecule has 1 aromatic rings. The number of primary amides is 1. The van der Waals surface area contributed by atoms with Crippen molar-refractivity contribution < 1.29 is 4.79 Å². The Bertz CT molecular complexity index is 389. The number of nitrogens with zero attached hydrogens (tertiary/aromatic N) is 3. The van der Waals surface area contributed by atoms with Gasteiger partial charge in [0.1, 0.15) is 5.82 Å². The van der Waals surface area contributed by atoms with Gasteiger partial charge in [-0.3, -0.25) is 9.78 Å². The van der Waals surface area contributed by atoms with E-state index in [0.717, 1.165) is 51.3 Å². The third-order valence-electron chi connectivity index (χ3n) is 3.51. The standard InChI is InChI=1S/C13H21N5O/c14-13(19)11-2-8-18(9-3-11)7-1-4-16-12-10-15-5-6-17-12/h5-6,10-11H,1-4,7-9H2,(H2,14,19)(H,16,17). The Kier molecular flexibility index (Phi) is 5.09. The Morgan fingerprint density at radius 1 is 1.42 bits per heavy atom. The highest BCUT2D eigenvalue weighted by Crippen LogP contribution is 2.16. The minimum absolute atomic E-state index is 0.0777. The summed E-state index contributed by atoms with van der Waals surface area (Å²) in [6, 6.07) is 0. The molecule has 0 atom stereocenters. The van der Waals surface area contributed by atoms with E-state index in [1.165, 1.54) is 0 Å². The Labute approximate surface area is 113 Å². The summed E-state index contributed by atoms with van der Waals surface area (Å²) >= 11 is 0. The van der Waals surface area contributed by atoms with E-state index >= 15 is 0 Å². The van der Waals surface area contributed by atoms with Crippen LogP contribution in [0.15, 0.2) is 18.6 Å². The van der Waals surface area contributed by atoms with Crippen LogP contribution in [0.1, 0.15) is 19.3 Å². The fourth-order valence-corrected chi connectivity index (χ4v) is 2.35. The Hall–Kier alpha value is -1.69. The second kappa shape index (κ2) is 7.04. The molecule has 1 amide bonds. The predicted octanol–water partition coefficient (Wildman–Crippen LogP) is 0.476. The van der Waals surface area contributed by atoms with Gasteiger partial charge in [0.2, 0.25) is 5.91 Å². The summed E-state index contributed by atoms with van der Waals surface area (Å²) < 4.78 is 0. The molecule has 6 heteroatoms. The number of likely N-dealkylation sites (tertiary alicyclic amines) is 1. The van der Waals surface area contributed by atoms with Gasteiger partial charge >= 0.3 is 0 Å². The molecule has 1 aliphatic rings. The lowest BCUT2D eigenvalue weighted by atomic mass is 9.96. The molecule has 1 aliphatic heterocycles. The number of carbonyl (C=O) groups is 1. The van der Waals surface area contributed by atoms with Crippen LogP contribution in [0.5, 0.6) is 0 Å². The number of carbonyl (C=O) groups excluding carboxylic acids is 1. The maximum atomic E-state index is 11.1. The molecule has 104 valence electrons. The van der Waals surface area contributed by atoms with Crippen LogP contribution in [0.3, 0.4) is 0 Å². The van der Waals surface area contributed by atoms with Crippen LogP contribution in [0.4, 0.5) is 5.82 Å². The second-order valence-electron chi connectivity index (χ2n) is 4.89. The third kappa shape index (κ3) is 4.48. The average Bonchev–Trinajstić information content (AvgIpc) is 2.45. The van der Waals surface area contributed by atoms with Crippen LogP contribution in [-0.4, -0.2) is 47.0 Å². The first-order chi connectivity index (χ1) is 9.25. The number of hydrogen-bond acceptors (Lipinski definition) is 5. The van der Waals surface area contributed by atoms with Crippen molar-refractivity contribution in [1.29, 1.82) is 0 Å². The number of amides is 1. The van der Waals surface area contributed by atoms with Crippen LogP contribution in [0.2, 0.25) is 0 Å². The smallest absolute Gasteiger partial charge is 0.220 e. The van der Waals surface area contributed by atoms with Gasteiger partial charge in [0.05, 0.1) is 6.20 Å². The highest BCUT2D eigenvalue weighted by atomic mass is 16.1. The van der Waals surface area contributed by atoms with Crippen molar-refractivity contribution in [3.05, 3.63) is 18.6 Å². The highest BCUT2D eigenvalue weighted by molar-refractivity contribution is 5.76. The van der Waals surface area contributed by atoms with Gasteiger partial charge in [-0.05, 0) is 38.9 Å². The molecule has 0 aliphatic carbocycles. The molecule has 0 radical (unpaired) electrons. The molecule has 1 fully saturated rings. The Morgan fingerprint density at radius 2 is 2.21 bits per heavy atom. The summed E-state index contributed by atoms with van der Waals surface area (Å²) in [5, 5.41) is 3.24. The van der Waals surface area contributed by atoms with E-state index in [9.17, 15) is 4.79 Å². The fraction of sp³-hybridized carbons (Fsp3) is 0.615. The van der Waals surface area contributed by atoms with Crippen molar-refractivity contribution in [3.8, 4) is 0 Å². The zero-order valence-corrected chi connectivity index (χ0v) is 11.1. The lowest BCUT2D eigenvalue weighted by molar-refractivity contribution is -0.123. The maximum Gasteiger partial charge on any atom is 0.220 e. The summed E-state index contributed by atoms with van der Waals surface area (Å²) in [7, 11) is 0. The molecule has 1 saturated heterocycles. The maximum absolute atomic E-state index is 11.1. The van der Waals surface area contributed by atoms with E-state index in [0.29, 0.717) is 0 Å². The summed E-state index contributed by atoms with van der Waals surface area (Å²) in [4.78, 5) is 21.6. The average molecular weight is 263 g/mol. The number of nitrogens with two attached hydrogens (primary N) is 1. The van der Waals surface area contributed by atoms with Crippen LogP contribution >= 0.6 is 0 Å². The van der Waals surface area contributed by atoms with Gasteiger partial charge in [-0.15, -0.1) is 0 Å². The lowest BCUT2D eigenvalue weighted by Crippen LogP contribution is -2.39. The SMILES string of the molecule is NC(=O)C1CCN(CCCNc2cnccn2)CC1. The predicted molar refractivity (Wildman–Crippen MR) is 73.5 cm³/mol. The van der Waals surface area contributed by atoms with E-state index in [-0.39, 0.29) is 11.8 Å². The number of hydrogen-bond donors (Lipinski definition) is 2. The number of aromatic nitrogens is 2. The first-order valence-electron chi connectivity index (χ1n) is 6.77. The van der Waals surface area contributed by atoms with Crippen molar-refractivity contribution >= 4 is 11.7 Å². The van der Waals surface area contributed by atoms with Crippen LogP contribution in [0.25, 0.3) is 0 Å². The first kappa shape index (κ1) is 13.7. The Balaban J connectivity index is 1.58. The van der Waals surface area contributed by atoms with Gasteiger partial charge < -0.3 is 16.0 Å². The van der Waals surface area contributed by atoms with Gasteiger partial charge in [0, 0.05) is 24.9 Å². The molecular weight excluding hydrogens is 242 g/mol. The zero-order chi connectivity index (χ0) is 13.5. The topological polar surface area (TPSA) is 84.1 Å². The summed E-state index contributed by atoms with van der Waals surface area (Å²) in [5.74, 6) is 0.743. The van der Waals surface area contributed by atoms with Gasteiger partial charge in [0.15, 0.2) is 0 Å². The van der Waals surface area contributed by atoms with Gasteiger partial charge in [-0.2, -0.15) is 0 Å². The summed E-state index contributed by atoms with van der Waals surface area (Å²) in [5.41, 5.74) is 5.32. The van der Waals surface area contributed by atoms with Crippen molar-refractivity contribution in [2.75, 3.05) is 31.5 Å². The largest absolute Gasteiger partial charge is 0.369 e. The first-order valence-corrected chi connectivity index (χ1v) is 6.77. The molecule has 0 saturated carbocycles. The van der Waals surface area contributed by atoms with E-state index < -0.39 is 0 Å². The molecule has 2 rings (SSSR count). The highest BCUT2D eigenvalue weighted by Gasteiger charge is 2.22. The minimum Gasteiger partial charge on any atom is -0.369 e. The number of rotatable bonds is 6. The molecule has 0 spiro atoms. The molecule has 0 unspecified atom stereocenters. The van der Waals surface area contributed by atoms with E-state index in [4.69, 9.17) is 5.73 Å². The number of nitrogens with one attached hydrogen (secondary N) is 1. The van der Waals surface area contributed by atoms with E-state index in [2.05, 4.69) is 20.2 Å². The van der Waals surface area contributed by atoms with Gasteiger partial charge in [-0.25, -0.2) is 4.98 Å². The van der Waals surface area contributed by atoms with Crippen molar-refractivity contribution in [2.45, 2.75) is 19.3 Å². The lowest BCUT2D eigenvalue weighted by Gasteiger charge is -2.30. The summed E-state index contributed by atoms with van der Waals surface area (Å²) in [6.07, 6.45) is 7.90. The Morgan fingerprint density at radius 3 is 2.84 bits per heavy atom. The minimum atomic E-state index is -0.149. The van der Waals surface area contributed by atoms with Gasteiger partial charge in [0.25, 0.3) is 0 Å². The molecule has 3 N–H and O–H groups in total. The van der Waals surface area contributed by atoms with E-state index in [1.807, 2.05) is 0 Å². The van der Waals surface area contributed by atoms with Crippen LogP contribution in [-0.2, 0) is 4.79 Å². The molecule has 1 aromatic heterocycles. The zero-order valence-electron chi connectivity index (χ0n) is 11.1. The molecule has 2 heterocycles. The molecule has 0 bridgehead atoms. The third-order valence-corrected chi connectivity index (χ3v) is 3.51. The number of piperidine rings is 1. The quantitative estimate of drug-likeness (QED) is 0.729.